The van der Waals surface area contributed by atoms with Crippen LogP contribution in [0, 0.1) is 0 Å². The van der Waals surface area contributed by atoms with E-state index in [1.807, 2.05) is 0 Å². The van der Waals surface area contributed by atoms with Crippen LogP contribution in [0.5, 0.6) is 0 Å². The average Bonchev–Trinajstić information content (AvgIpc) is 1.79. The molecule has 0 aliphatic carbocycles. The van der Waals surface area contributed by atoms with E-state index in [0.29, 0.717) is 6.92 Å². The Labute approximate surface area is 88.5 Å². The highest BCUT2D eigenvalue weighted by Crippen LogP contribution is 2.38. The number of hydrogen-bond acceptors (Lipinski definition) is 3. The van der Waals surface area contributed by atoms with Gasteiger partial charge < -0.3 is 0 Å². The maximum atomic E-state index is 12.3. The first-order chi connectivity index (χ1) is 5.90. The summed E-state index contributed by atoms with van der Waals surface area (Å²) in [6, 6.07) is 0. The number of rotatable bonds is 3. The molecule has 0 rings (SSSR count). The van der Waals surface area contributed by atoms with Gasteiger partial charge in [0.1, 0.15) is 5.75 Å². The molecule has 0 amide bonds. The van der Waals surface area contributed by atoms with Crippen molar-refractivity contribution < 1.29 is 26.1 Å². The molecule has 0 saturated carbocycles. The summed E-state index contributed by atoms with van der Waals surface area (Å²) < 4.78 is 65.5. The molecule has 0 aromatic rings. The van der Waals surface area contributed by atoms with E-state index in [-0.39, 0.29) is 3.94 Å². The van der Waals surface area contributed by atoms with Crippen molar-refractivity contribution in [1.29, 1.82) is 0 Å². The molecule has 14 heavy (non-hydrogen) atoms. The Kier molecular flexibility index (Phi) is 4.08. The van der Waals surface area contributed by atoms with Crippen molar-refractivity contribution in [3.8, 4) is 0 Å². The lowest BCUT2D eigenvalue weighted by Crippen LogP contribution is -2.54. The first-order valence-corrected chi connectivity index (χ1v) is 5.32. The van der Waals surface area contributed by atoms with Crippen LogP contribution >= 0.6 is 23.6 Å². The van der Waals surface area contributed by atoms with Gasteiger partial charge in [0.2, 0.25) is 0 Å². The van der Waals surface area contributed by atoms with Crippen molar-refractivity contribution >= 4 is 33.7 Å². The SMILES string of the molecule is CC(CS(=O)(=O)O)(N(Cl)Cl)C(F)(F)F. The molecule has 10 heteroatoms. The number of halogens is 5. The van der Waals surface area contributed by atoms with Crippen molar-refractivity contribution in [2.45, 2.75) is 18.6 Å². The van der Waals surface area contributed by atoms with Gasteiger partial charge in [-0.2, -0.15) is 21.6 Å². The summed E-state index contributed by atoms with van der Waals surface area (Å²) in [5.74, 6) is -1.64. The number of alkyl halides is 3. The predicted octanol–water partition coefficient (Wildman–Crippen LogP) is 1.80. The van der Waals surface area contributed by atoms with Crippen LogP contribution in [-0.4, -0.2) is 34.4 Å². The molecule has 1 atom stereocenters. The summed E-state index contributed by atoms with van der Waals surface area (Å²) in [5.41, 5.74) is -3.05. The molecule has 4 nitrogen and oxygen atoms in total. The van der Waals surface area contributed by atoms with Crippen LogP contribution in [-0.2, 0) is 10.1 Å². The molecule has 0 bridgehead atoms. The smallest absolute Gasteiger partial charge is 0.285 e. The molecule has 0 aromatic carbocycles. The second-order valence-electron chi connectivity index (χ2n) is 2.73. The fourth-order valence-electron chi connectivity index (χ4n) is 0.582. The largest absolute Gasteiger partial charge is 0.410 e. The summed E-state index contributed by atoms with van der Waals surface area (Å²) >= 11 is 9.76. The van der Waals surface area contributed by atoms with E-state index in [1.54, 1.807) is 0 Å². The summed E-state index contributed by atoms with van der Waals surface area (Å²) in [6.45, 7) is 0.445. The van der Waals surface area contributed by atoms with E-state index in [2.05, 4.69) is 0 Å². The first kappa shape index (κ1) is 14.2. The van der Waals surface area contributed by atoms with Gasteiger partial charge in [0, 0.05) is 0 Å². The van der Waals surface area contributed by atoms with Crippen LogP contribution in [0.2, 0.25) is 0 Å². The maximum absolute atomic E-state index is 12.3. The highest BCUT2D eigenvalue weighted by atomic mass is 35.5. The first-order valence-electron chi connectivity index (χ1n) is 3.04. The van der Waals surface area contributed by atoms with E-state index >= 15 is 0 Å². The molecular formula is C4H6Cl2F3NO3S. The van der Waals surface area contributed by atoms with E-state index in [1.165, 1.54) is 0 Å². The maximum Gasteiger partial charge on any atom is 0.410 e. The zero-order chi connectivity index (χ0) is 11.8. The van der Waals surface area contributed by atoms with E-state index < -0.39 is 27.6 Å². The molecule has 0 aromatic heterocycles. The Bertz CT molecular complexity index is 303. The zero-order valence-electron chi connectivity index (χ0n) is 6.72. The molecule has 0 fully saturated rings. The Morgan fingerprint density at radius 1 is 1.36 bits per heavy atom. The van der Waals surface area contributed by atoms with Gasteiger partial charge in [-0.05, 0) is 30.5 Å². The van der Waals surface area contributed by atoms with Crippen LogP contribution in [0.25, 0.3) is 0 Å². The lowest BCUT2D eigenvalue weighted by Gasteiger charge is -2.32. The monoisotopic (exact) mass is 275 g/mol. The minimum atomic E-state index is -4.99. The standard InChI is InChI=1S/C4H6Cl2F3NO3S/c1-3(10(5)6,4(7,8)9)2-14(11,12)13/h2H2,1H3,(H,11,12,13). The molecule has 0 saturated heterocycles. The van der Waals surface area contributed by atoms with E-state index in [0.717, 1.165) is 0 Å². The highest BCUT2D eigenvalue weighted by Gasteiger charge is 2.57. The lowest BCUT2D eigenvalue weighted by atomic mass is 10.1. The Morgan fingerprint density at radius 2 is 1.71 bits per heavy atom. The van der Waals surface area contributed by atoms with Crippen LogP contribution < -0.4 is 0 Å². The Balaban J connectivity index is 5.14. The van der Waals surface area contributed by atoms with Crippen molar-refractivity contribution in [3.63, 3.8) is 0 Å². The summed E-state index contributed by atoms with van der Waals surface area (Å²) in [6.07, 6.45) is -4.99. The van der Waals surface area contributed by atoms with Gasteiger partial charge in [-0.25, -0.2) is 0 Å². The Morgan fingerprint density at radius 3 is 1.79 bits per heavy atom. The van der Waals surface area contributed by atoms with Crippen LogP contribution in [0.15, 0.2) is 0 Å². The molecule has 0 heterocycles. The van der Waals surface area contributed by atoms with Crippen LogP contribution in [0.4, 0.5) is 13.2 Å². The highest BCUT2D eigenvalue weighted by molar-refractivity contribution is 7.85. The van der Waals surface area contributed by atoms with Crippen molar-refractivity contribution in [2.75, 3.05) is 5.75 Å². The normalized spacial score (nSPS) is 18.3. The third-order valence-electron chi connectivity index (χ3n) is 1.45. The third kappa shape index (κ3) is 3.43. The van der Waals surface area contributed by atoms with Gasteiger partial charge >= 0.3 is 6.18 Å². The van der Waals surface area contributed by atoms with Gasteiger partial charge in [-0.3, -0.25) is 4.55 Å². The fourth-order valence-corrected chi connectivity index (χ4v) is 2.04. The van der Waals surface area contributed by atoms with E-state index in [4.69, 9.17) is 28.1 Å². The molecule has 0 aliphatic rings. The second-order valence-corrected chi connectivity index (χ2v) is 5.03. The summed E-state index contributed by atoms with van der Waals surface area (Å²) in [4.78, 5) is 0. The van der Waals surface area contributed by atoms with Gasteiger partial charge in [-0.1, -0.05) is 0 Å². The van der Waals surface area contributed by atoms with Gasteiger partial charge in [0.25, 0.3) is 10.1 Å². The second kappa shape index (κ2) is 4.01. The quantitative estimate of drug-likeness (QED) is 0.631. The lowest BCUT2D eigenvalue weighted by molar-refractivity contribution is -0.193. The van der Waals surface area contributed by atoms with Crippen LogP contribution in [0.1, 0.15) is 6.92 Å². The predicted molar refractivity (Wildman–Crippen MR) is 44.4 cm³/mol. The minimum absolute atomic E-state index is 0.346. The molecule has 0 aliphatic heterocycles. The number of hydrogen-bond donors (Lipinski definition) is 1. The molecule has 86 valence electrons. The molecular weight excluding hydrogens is 270 g/mol. The van der Waals surface area contributed by atoms with Gasteiger partial charge in [-0.15, -0.1) is 3.94 Å². The summed E-state index contributed by atoms with van der Waals surface area (Å²) in [7, 11) is -4.84. The van der Waals surface area contributed by atoms with E-state index in [9.17, 15) is 21.6 Å². The Hall–Kier alpha value is 0.240. The van der Waals surface area contributed by atoms with Crippen LogP contribution in [0.3, 0.4) is 0 Å². The molecule has 1 unspecified atom stereocenters. The topological polar surface area (TPSA) is 57.6 Å². The molecule has 0 radical (unpaired) electrons. The minimum Gasteiger partial charge on any atom is -0.285 e. The molecule has 0 spiro atoms. The zero-order valence-corrected chi connectivity index (χ0v) is 9.04. The van der Waals surface area contributed by atoms with Crippen molar-refractivity contribution in [3.05, 3.63) is 0 Å². The van der Waals surface area contributed by atoms with Crippen molar-refractivity contribution in [1.82, 2.24) is 3.94 Å². The van der Waals surface area contributed by atoms with Gasteiger partial charge in [0.15, 0.2) is 5.54 Å². The average molecular weight is 276 g/mol. The third-order valence-corrected chi connectivity index (χ3v) is 3.12. The van der Waals surface area contributed by atoms with Gasteiger partial charge in [0.05, 0.1) is 0 Å². The van der Waals surface area contributed by atoms with Crippen molar-refractivity contribution in [2.24, 2.45) is 0 Å². The summed E-state index contributed by atoms with van der Waals surface area (Å²) in [5, 5.41) is 0. The molecule has 1 N–H and O–H groups in total. The fraction of sp³-hybridized carbons (Fsp3) is 1.00. The number of nitrogens with zero attached hydrogens (tertiary/aromatic N) is 1.